The third-order valence-corrected chi connectivity index (χ3v) is 4.02. The molecule has 0 saturated heterocycles. The number of benzene rings is 1. The van der Waals surface area contributed by atoms with Gasteiger partial charge >= 0.3 is 0 Å². The Bertz CT molecular complexity index is 330. The molecule has 1 aromatic carbocycles. The molecule has 0 aliphatic heterocycles. The average Bonchev–Trinajstić information content (AvgIpc) is 2.79. The molecule has 0 spiro atoms. The zero-order chi connectivity index (χ0) is 9.60. The maximum absolute atomic E-state index is 10.2. The summed E-state index contributed by atoms with van der Waals surface area (Å²) in [4.78, 5) is 0. The summed E-state index contributed by atoms with van der Waals surface area (Å²) in [6, 6.07) is 10.5. The molecule has 0 radical (unpaired) electrons. The van der Waals surface area contributed by atoms with Gasteiger partial charge in [0.15, 0.2) is 0 Å². The molecule has 2 aliphatic carbocycles. The predicted octanol–water partition coefficient (Wildman–Crippen LogP) is 2.39. The standard InChI is InChI=1S/C13H16O/c14-13-9-12(13)7-6-11(13)8-10-4-2-1-3-5-10/h1-5,11-12,14H,6-9H2/t11-,12+,13-/m0/s1. The van der Waals surface area contributed by atoms with Gasteiger partial charge in [0.25, 0.3) is 0 Å². The second-order valence-corrected chi connectivity index (χ2v) is 4.86. The van der Waals surface area contributed by atoms with Gasteiger partial charge in [-0.25, -0.2) is 0 Å². The van der Waals surface area contributed by atoms with Crippen molar-refractivity contribution in [3.05, 3.63) is 35.9 Å². The largest absolute Gasteiger partial charge is 0.389 e. The summed E-state index contributed by atoms with van der Waals surface area (Å²) in [7, 11) is 0. The Balaban J connectivity index is 1.74. The molecule has 0 aromatic heterocycles. The van der Waals surface area contributed by atoms with E-state index in [0.717, 1.165) is 12.8 Å². The minimum Gasteiger partial charge on any atom is -0.389 e. The quantitative estimate of drug-likeness (QED) is 0.755. The molecule has 2 aliphatic rings. The molecular weight excluding hydrogens is 172 g/mol. The fourth-order valence-electron chi connectivity index (χ4n) is 3.02. The van der Waals surface area contributed by atoms with Gasteiger partial charge in [-0.15, -0.1) is 0 Å². The van der Waals surface area contributed by atoms with Crippen molar-refractivity contribution in [2.75, 3.05) is 0 Å². The molecule has 2 saturated carbocycles. The lowest BCUT2D eigenvalue weighted by Crippen LogP contribution is -2.21. The maximum atomic E-state index is 10.2. The van der Waals surface area contributed by atoms with Crippen LogP contribution in [-0.2, 0) is 6.42 Å². The van der Waals surface area contributed by atoms with E-state index in [0.29, 0.717) is 11.8 Å². The van der Waals surface area contributed by atoms with Crippen LogP contribution in [0, 0.1) is 11.8 Å². The molecule has 0 heterocycles. The lowest BCUT2D eigenvalue weighted by molar-refractivity contribution is 0.0891. The third kappa shape index (κ3) is 1.19. The molecule has 0 bridgehead atoms. The molecule has 3 rings (SSSR count). The van der Waals surface area contributed by atoms with Gasteiger partial charge < -0.3 is 5.11 Å². The fraction of sp³-hybridized carbons (Fsp3) is 0.538. The summed E-state index contributed by atoms with van der Waals surface area (Å²) in [6.07, 6.45) is 4.59. The van der Waals surface area contributed by atoms with Crippen LogP contribution < -0.4 is 0 Å². The first kappa shape index (κ1) is 8.49. The van der Waals surface area contributed by atoms with E-state index < -0.39 is 0 Å². The normalized spacial score (nSPS) is 39.5. The molecule has 14 heavy (non-hydrogen) atoms. The van der Waals surface area contributed by atoms with Crippen LogP contribution in [0.4, 0.5) is 0 Å². The number of hydrogen-bond donors (Lipinski definition) is 1. The van der Waals surface area contributed by atoms with Crippen LogP contribution in [0.25, 0.3) is 0 Å². The molecule has 1 N–H and O–H groups in total. The molecule has 1 aromatic rings. The lowest BCUT2D eigenvalue weighted by atomic mass is 9.92. The monoisotopic (exact) mass is 188 g/mol. The van der Waals surface area contributed by atoms with Crippen molar-refractivity contribution < 1.29 is 5.11 Å². The van der Waals surface area contributed by atoms with E-state index in [9.17, 15) is 5.11 Å². The Labute approximate surface area is 84.8 Å². The second-order valence-electron chi connectivity index (χ2n) is 4.86. The van der Waals surface area contributed by atoms with Crippen molar-refractivity contribution >= 4 is 0 Å². The molecule has 1 nitrogen and oxygen atoms in total. The minimum absolute atomic E-state index is 0.268. The van der Waals surface area contributed by atoms with E-state index in [4.69, 9.17) is 0 Å². The third-order valence-electron chi connectivity index (χ3n) is 4.02. The fourth-order valence-corrected chi connectivity index (χ4v) is 3.02. The summed E-state index contributed by atoms with van der Waals surface area (Å²) in [5, 5.41) is 10.2. The summed E-state index contributed by atoms with van der Waals surface area (Å²) in [6.45, 7) is 0. The highest BCUT2D eigenvalue weighted by Gasteiger charge is 2.61. The highest BCUT2D eigenvalue weighted by Crippen LogP contribution is 2.59. The van der Waals surface area contributed by atoms with Gasteiger partial charge in [-0.05, 0) is 43.1 Å². The number of aliphatic hydroxyl groups is 1. The molecular formula is C13H16O. The zero-order valence-corrected chi connectivity index (χ0v) is 8.32. The number of hydrogen-bond acceptors (Lipinski definition) is 1. The van der Waals surface area contributed by atoms with Crippen molar-refractivity contribution in [2.45, 2.75) is 31.3 Å². The first-order chi connectivity index (χ1) is 6.79. The Kier molecular flexibility index (Phi) is 1.72. The Morgan fingerprint density at radius 2 is 2.00 bits per heavy atom. The Hall–Kier alpha value is -0.820. The smallest absolute Gasteiger partial charge is 0.0711 e. The van der Waals surface area contributed by atoms with E-state index in [-0.39, 0.29) is 5.60 Å². The van der Waals surface area contributed by atoms with Crippen molar-refractivity contribution in [1.82, 2.24) is 0 Å². The minimum atomic E-state index is -0.268. The van der Waals surface area contributed by atoms with Crippen LogP contribution in [0.15, 0.2) is 30.3 Å². The zero-order valence-electron chi connectivity index (χ0n) is 8.32. The van der Waals surface area contributed by atoms with Gasteiger partial charge in [-0.1, -0.05) is 30.3 Å². The highest BCUT2D eigenvalue weighted by molar-refractivity contribution is 5.20. The summed E-state index contributed by atoms with van der Waals surface area (Å²) in [5.41, 5.74) is 1.11. The van der Waals surface area contributed by atoms with E-state index in [1.54, 1.807) is 0 Å². The van der Waals surface area contributed by atoms with Crippen LogP contribution in [0.5, 0.6) is 0 Å². The van der Waals surface area contributed by atoms with E-state index in [2.05, 4.69) is 24.3 Å². The molecule has 3 atom stereocenters. The van der Waals surface area contributed by atoms with Gasteiger partial charge in [0.1, 0.15) is 0 Å². The maximum Gasteiger partial charge on any atom is 0.0711 e. The molecule has 0 unspecified atom stereocenters. The van der Waals surface area contributed by atoms with Crippen molar-refractivity contribution in [3.63, 3.8) is 0 Å². The second kappa shape index (κ2) is 2.83. The van der Waals surface area contributed by atoms with Crippen LogP contribution >= 0.6 is 0 Å². The van der Waals surface area contributed by atoms with E-state index in [1.807, 2.05) is 6.07 Å². The molecule has 74 valence electrons. The van der Waals surface area contributed by atoms with Crippen LogP contribution in [-0.4, -0.2) is 10.7 Å². The topological polar surface area (TPSA) is 20.2 Å². The first-order valence-electron chi connectivity index (χ1n) is 5.55. The molecule has 0 amide bonds. The van der Waals surface area contributed by atoms with Crippen molar-refractivity contribution in [1.29, 1.82) is 0 Å². The van der Waals surface area contributed by atoms with Crippen molar-refractivity contribution in [3.8, 4) is 0 Å². The Morgan fingerprint density at radius 3 is 2.57 bits per heavy atom. The number of rotatable bonds is 2. The van der Waals surface area contributed by atoms with Gasteiger partial charge in [0, 0.05) is 0 Å². The SMILES string of the molecule is O[C@]12C[C@H]1CC[C@H]2Cc1ccccc1. The summed E-state index contributed by atoms with van der Waals surface area (Å²) < 4.78 is 0. The van der Waals surface area contributed by atoms with Gasteiger partial charge in [-0.2, -0.15) is 0 Å². The summed E-state index contributed by atoms with van der Waals surface area (Å²) >= 11 is 0. The Morgan fingerprint density at radius 1 is 1.21 bits per heavy atom. The van der Waals surface area contributed by atoms with Crippen LogP contribution in [0.3, 0.4) is 0 Å². The van der Waals surface area contributed by atoms with Gasteiger partial charge in [0.2, 0.25) is 0 Å². The van der Waals surface area contributed by atoms with Gasteiger partial charge in [-0.3, -0.25) is 0 Å². The summed E-state index contributed by atoms with van der Waals surface area (Å²) in [5.74, 6) is 1.16. The van der Waals surface area contributed by atoms with E-state index in [1.165, 1.54) is 18.4 Å². The molecule has 1 heteroatoms. The number of fused-ring (bicyclic) bond motifs is 1. The molecule has 2 fully saturated rings. The first-order valence-corrected chi connectivity index (χ1v) is 5.55. The van der Waals surface area contributed by atoms with Crippen LogP contribution in [0.2, 0.25) is 0 Å². The average molecular weight is 188 g/mol. The van der Waals surface area contributed by atoms with Crippen molar-refractivity contribution in [2.24, 2.45) is 11.8 Å². The highest BCUT2D eigenvalue weighted by atomic mass is 16.3. The van der Waals surface area contributed by atoms with Crippen LogP contribution in [0.1, 0.15) is 24.8 Å². The van der Waals surface area contributed by atoms with E-state index >= 15 is 0 Å². The predicted molar refractivity (Wildman–Crippen MR) is 55.9 cm³/mol. The van der Waals surface area contributed by atoms with Gasteiger partial charge in [0.05, 0.1) is 5.60 Å². The lowest BCUT2D eigenvalue weighted by Gasteiger charge is -2.17.